The largest absolute Gasteiger partial charge is 0.378 e. The van der Waals surface area contributed by atoms with Crippen molar-refractivity contribution in [3.8, 4) is 0 Å². The number of carbonyl (C=O) groups excluding carboxylic acids is 2. The van der Waals surface area contributed by atoms with Crippen LogP contribution in [0.1, 0.15) is 64.5 Å². The van der Waals surface area contributed by atoms with E-state index in [9.17, 15) is 9.59 Å². The lowest BCUT2D eigenvalue weighted by Gasteiger charge is -2.37. The summed E-state index contributed by atoms with van der Waals surface area (Å²) in [6, 6.07) is 15.7. The maximum Gasteiger partial charge on any atom is 0.227 e. The molecule has 0 spiro atoms. The van der Waals surface area contributed by atoms with E-state index >= 15 is 0 Å². The van der Waals surface area contributed by atoms with Gasteiger partial charge in [-0.25, -0.2) is 0 Å². The van der Waals surface area contributed by atoms with Gasteiger partial charge in [-0.15, -0.1) is 0 Å². The maximum absolute atomic E-state index is 13.7. The van der Waals surface area contributed by atoms with E-state index in [4.69, 9.17) is 0 Å². The van der Waals surface area contributed by atoms with Crippen molar-refractivity contribution in [2.24, 2.45) is 5.41 Å². The van der Waals surface area contributed by atoms with Gasteiger partial charge >= 0.3 is 0 Å². The smallest absolute Gasteiger partial charge is 0.227 e. The first kappa shape index (κ1) is 23.1. The normalized spacial score (nSPS) is 19.4. The number of fused-ring (bicyclic) bond motifs is 1. The number of hydrogen-bond acceptors (Lipinski definition) is 4. The number of amides is 1. The van der Waals surface area contributed by atoms with Crippen molar-refractivity contribution < 1.29 is 9.59 Å². The van der Waals surface area contributed by atoms with Crippen LogP contribution in [0.2, 0.25) is 0 Å². The van der Waals surface area contributed by atoms with Crippen molar-refractivity contribution in [3.63, 3.8) is 0 Å². The van der Waals surface area contributed by atoms with Crippen molar-refractivity contribution >= 4 is 28.8 Å². The highest BCUT2D eigenvalue weighted by Crippen LogP contribution is 2.48. The number of benzene rings is 2. The van der Waals surface area contributed by atoms with Crippen molar-refractivity contribution in [1.29, 1.82) is 0 Å². The number of carbonyl (C=O) groups is 2. The Morgan fingerprint density at radius 1 is 1.09 bits per heavy atom. The average molecular weight is 446 g/mol. The van der Waals surface area contributed by atoms with Gasteiger partial charge in [-0.2, -0.15) is 0 Å². The van der Waals surface area contributed by atoms with Gasteiger partial charge in [-0.1, -0.05) is 51.5 Å². The molecular weight excluding hydrogens is 410 g/mol. The van der Waals surface area contributed by atoms with Crippen molar-refractivity contribution in [3.05, 3.63) is 65.4 Å². The lowest BCUT2D eigenvalue weighted by molar-refractivity contribution is -0.119. The number of nitrogens with one attached hydrogen (secondary N) is 1. The van der Waals surface area contributed by atoms with Gasteiger partial charge in [-0.05, 0) is 48.1 Å². The number of Topliss-reactive ketones (excluding diaryl/α,β-unsaturated/α-hetero) is 1. The summed E-state index contributed by atoms with van der Waals surface area (Å²) in [7, 11) is 4.02. The van der Waals surface area contributed by atoms with Crippen molar-refractivity contribution in [1.82, 2.24) is 0 Å². The number of unbranched alkanes of at least 4 members (excludes halogenated alkanes) is 1. The Morgan fingerprint density at radius 3 is 2.45 bits per heavy atom. The molecule has 0 bridgehead atoms. The van der Waals surface area contributed by atoms with Gasteiger partial charge in [0.25, 0.3) is 0 Å². The summed E-state index contributed by atoms with van der Waals surface area (Å²) in [5, 5.41) is 3.57. The summed E-state index contributed by atoms with van der Waals surface area (Å²) in [6.45, 7) is 6.37. The van der Waals surface area contributed by atoms with E-state index in [1.165, 1.54) is 0 Å². The molecule has 0 fully saturated rings. The zero-order chi connectivity index (χ0) is 23.8. The Bertz CT molecular complexity index is 1080. The summed E-state index contributed by atoms with van der Waals surface area (Å²) >= 11 is 0. The van der Waals surface area contributed by atoms with Gasteiger partial charge in [0.2, 0.25) is 5.91 Å². The molecule has 1 aliphatic heterocycles. The molecule has 4 rings (SSSR count). The van der Waals surface area contributed by atoms with E-state index in [2.05, 4.69) is 55.3 Å². The zero-order valence-corrected chi connectivity index (χ0v) is 20.4. The summed E-state index contributed by atoms with van der Waals surface area (Å²) in [4.78, 5) is 31.3. The summed E-state index contributed by atoms with van der Waals surface area (Å²) in [6.07, 6.45) is 3.48. The van der Waals surface area contributed by atoms with E-state index in [0.29, 0.717) is 12.8 Å². The molecule has 1 atom stereocenters. The Labute approximate surface area is 197 Å². The number of para-hydroxylation sites is 2. The number of rotatable bonds is 5. The molecule has 174 valence electrons. The highest BCUT2D eigenvalue weighted by atomic mass is 16.2. The van der Waals surface area contributed by atoms with Gasteiger partial charge < -0.3 is 10.2 Å². The van der Waals surface area contributed by atoms with Gasteiger partial charge in [0.1, 0.15) is 0 Å². The van der Waals surface area contributed by atoms with E-state index in [1.807, 2.05) is 43.3 Å². The molecule has 5 nitrogen and oxygen atoms in total. The minimum absolute atomic E-state index is 0.0548. The van der Waals surface area contributed by atoms with Crippen LogP contribution in [0.15, 0.2) is 59.8 Å². The second-order valence-corrected chi connectivity index (χ2v) is 10.2. The molecule has 0 radical (unpaired) electrons. The second kappa shape index (κ2) is 9.05. The average Bonchev–Trinajstić information content (AvgIpc) is 2.91. The van der Waals surface area contributed by atoms with Crippen LogP contribution in [-0.4, -0.2) is 25.8 Å². The van der Waals surface area contributed by atoms with Gasteiger partial charge in [0.05, 0.1) is 17.4 Å². The SMILES string of the molecule is CCCCC(=O)N1c2ccccc2NC2=C(C(=O)CC(C)(C)C2)[C@H]1c1ccc(N(C)C)cc1. The van der Waals surface area contributed by atoms with Gasteiger partial charge in [0, 0.05) is 43.9 Å². The van der Waals surface area contributed by atoms with Crippen molar-refractivity contribution in [2.45, 2.75) is 58.9 Å². The fourth-order valence-corrected chi connectivity index (χ4v) is 4.98. The summed E-state index contributed by atoms with van der Waals surface area (Å²) < 4.78 is 0. The van der Waals surface area contributed by atoms with Crippen molar-refractivity contribution in [2.75, 3.05) is 29.2 Å². The summed E-state index contributed by atoms with van der Waals surface area (Å²) in [5.74, 6) is 0.177. The number of anilines is 3. The standard InChI is InChI=1S/C28H35N3O2/c1-6-7-12-25(33)31-23-11-9-8-10-21(23)29-22-17-28(2,3)18-24(32)26(22)27(31)19-13-15-20(16-14-19)30(4)5/h8-11,13-16,27,29H,6-7,12,17-18H2,1-5H3/t27-/m1/s1. The highest BCUT2D eigenvalue weighted by molar-refractivity contribution is 6.06. The van der Waals surface area contributed by atoms with Crippen LogP contribution in [0, 0.1) is 5.41 Å². The third-order valence-electron chi connectivity index (χ3n) is 6.64. The Kier molecular flexibility index (Phi) is 6.33. The molecule has 1 aliphatic carbocycles. The van der Waals surface area contributed by atoms with Crippen LogP contribution in [0.3, 0.4) is 0 Å². The first-order valence-electron chi connectivity index (χ1n) is 11.9. The molecule has 5 heteroatoms. The molecular formula is C28H35N3O2. The Morgan fingerprint density at radius 2 is 1.79 bits per heavy atom. The molecule has 2 aromatic rings. The van der Waals surface area contributed by atoms with Gasteiger partial charge in [-0.3, -0.25) is 14.5 Å². The van der Waals surface area contributed by atoms with Crippen LogP contribution in [0.4, 0.5) is 17.1 Å². The lowest BCUT2D eigenvalue weighted by Crippen LogP contribution is -2.39. The predicted octanol–water partition coefficient (Wildman–Crippen LogP) is 6.09. The van der Waals surface area contributed by atoms with E-state index in [0.717, 1.165) is 53.2 Å². The number of nitrogens with zero attached hydrogens (tertiary/aromatic N) is 2. The van der Waals surface area contributed by atoms with Gasteiger partial charge in [0.15, 0.2) is 5.78 Å². The third-order valence-corrected chi connectivity index (χ3v) is 6.64. The molecule has 1 heterocycles. The van der Waals surface area contributed by atoms with Crippen LogP contribution < -0.4 is 15.1 Å². The van der Waals surface area contributed by atoms with Crippen LogP contribution in [0.25, 0.3) is 0 Å². The lowest BCUT2D eigenvalue weighted by atomic mass is 9.73. The first-order valence-corrected chi connectivity index (χ1v) is 11.9. The van der Waals surface area contributed by atoms with E-state index in [-0.39, 0.29) is 17.1 Å². The molecule has 2 aliphatic rings. The minimum Gasteiger partial charge on any atom is -0.378 e. The maximum atomic E-state index is 13.7. The molecule has 0 aromatic heterocycles. The Hall–Kier alpha value is -3.08. The number of hydrogen-bond donors (Lipinski definition) is 1. The molecule has 0 saturated heterocycles. The van der Waals surface area contributed by atoms with Crippen LogP contribution >= 0.6 is 0 Å². The number of allylic oxidation sites excluding steroid dienone is 1. The van der Waals surface area contributed by atoms with E-state index in [1.54, 1.807) is 0 Å². The molecule has 1 N–H and O–H groups in total. The van der Waals surface area contributed by atoms with E-state index < -0.39 is 6.04 Å². The zero-order valence-electron chi connectivity index (χ0n) is 20.4. The molecule has 33 heavy (non-hydrogen) atoms. The fourth-order valence-electron chi connectivity index (χ4n) is 4.98. The topological polar surface area (TPSA) is 52.7 Å². The highest BCUT2D eigenvalue weighted by Gasteiger charge is 2.43. The monoisotopic (exact) mass is 445 g/mol. The third kappa shape index (κ3) is 4.54. The molecule has 1 amide bonds. The van der Waals surface area contributed by atoms with Crippen LogP contribution in [0.5, 0.6) is 0 Å². The summed E-state index contributed by atoms with van der Waals surface area (Å²) in [5.41, 5.74) is 5.31. The number of ketones is 1. The fraction of sp³-hybridized carbons (Fsp3) is 0.429. The quantitative estimate of drug-likeness (QED) is 0.605. The van der Waals surface area contributed by atoms with Crippen LogP contribution in [-0.2, 0) is 9.59 Å². The first-order chi connectivity index (χ1) is 15.7. The molecule has 2 aromatic carbocycles. The second-order valence-electron chi connectivity index (χ2n) is 10.2. The predicted molar refractivity (Wildman–Crippen MR) is 136 cm³/mol. The molecule has 0 saturated carbocycles. The minimum atomic E-state index is -0.444. The Balaban J connectivity index is 1.94. The molecule has 0 unspecified atom stereocenters.